The Bertz CT molecular complexity index is 568. The van der Waals surface area contributed by atoms with E-state index in [-0.39, 0.29) is 5.91 Å². The normalized spacial score (nSPS) is 10.4. The molecule has 6 heteroatoms. The predicted molar refractivity (Wildman–Crippen MR) is 79.7 cm³/mol. The predicted octanol–water partition coefficient (Wildman–Crippen LogP) is 4.75. The number of rotatable bonds is 3. The molecule has 94 valence electrons. The van der Waals surface area contributed by atoms with Gasteiger partial charge in [0.05, 0.1) is 9.90 Å². The molecule has 0 aliphatic carbocycles. The second-order valence-electron chi connectivity index (χ2n) is 3.55. The van der Waals surface area contributed by atoms with Crippen molar-refractivity contribution in [3.8, 4) is 0 Å². The number of benzene rings is 1. The third-order valence-electron chi connectivity index (χ3n) is 2.27. The fraction of sp³-hybridized carbons (Fsp3) is 0.0833. The van der Waals surface area contributed by atoms with Gasteiger partial charge in [-0.05, 0) is 23.8 Å². The van der Waals surface area contributed by atoms with Crippen molar-refractivity contribution in [3.63, 3.8) is 0 Å². The van der Waals surface area contributed by atoms with Crippen molar-refractivity contribution in [1.29, 1.82) is 0 Å². The molecular weight excluding hydrogens is 357 g/mol. The zero-order chi connectivity index (χ0) is 13.1. The summed E-state index contributed by atoms with van der Waals surface area (Å²) in [6.45, 7) is 0.454. The molecule has 0 radical (unpaired) electrons. The third kappa shape index (κ3) is 3.48. The van der Waals surface area contributed by atoms with Gasteiger partial charge in [-0.25, -0.2) is 0 Å². The molecule has 2 aromatic rings. The number of nitrogens with one attached hydrogen (secondary N) is 1. The molecule has 0 unspecified atom stereocenters. The number of carbonyl (C=O) groups is 1. The van der Waals surface area contributed by atoms with Crippen LogP contribution < -0.4 is 5.32 Å². The van der Waals surface area contributed by atoms with Crippen LogP contribution >= 0.6 is 50.5 Å². The van der Waals surface area contributed by atoms with Gasteiger partial charge < -0.3 is 5.32 Å². The summed E-state index contributed by atoms with van der Waals surface area (Å²) in [6, 6.07) is 9.30. The maximum absolute atomic E-state index is 11.9. The molecule has 1 aromatic carbocycles. The van der Waals surface area contributed by atoms with Crippen LogP contribution in [0.4, 0.5) is 0 Å². The number of carbonyl (C=O) groups excluding carboxylic acids is 1. The fourth-order valence-electron chi connectivity index (χ4n) is 1.37. The van der Waals surface area contributed by atoms with Gasteiger partial charge in [0.2, 0.25) is 0 Å². The Hall–Kier alpha value is -0.550. The van der Waals surface area contributed by atoms with E-state index in [1.165, 1.54) is 11.3 Å². The highest BCUT2D eigenvalue weighted by molar-refractivity contribution is 9.10. The summed E-state index contributed by atoms with van der Waals surface area (Å²) >= 11 is 16.2. The van der Waals surface area contributed by atoms with Crippen LogP contribution in [0.5, 0.6) is 0 Å². The van der Waals surface area contributed by atoms with Gasteiger partial charge in [-0.1, -0.05) is 51.3 Å². The van der Waals surface area contributed by atoms with Gasteiger partial charge in [0.1, 0.15) is 4.34 Å². The average Bonchev–Trinajstić information content (AvgIpc) is 2.67. The first-order chi connectivity index (χ1) is 8.56. The molecular formula is C12H8BrCl2NOS. The van der Waals surface area contributed by atoms with Gasteiger partial charge in [0.15, 0.2) is 0 Å². The smallest absolute Gasteiger partial charge is 0.253 e. The van der Waals surface area contributed by atoms with Gasteiger partial charge in [-0.2, -0.15) is 0 Å². The lowest BCUT2D eigenvalue weighted by Gasteiger charge is -2.04. The zero-order valence-electron chi connectivity index (χ0n) is 9.04. The van der Waals surface area contributed by atoms with E-state index in [0.717, 1.165) is 10.0 Å². The van der Waals surface area contributed by atoms with Crippen molar-refractivity contribution in [3.05, 3.63) is 54.6 Å². The summed E-state index contributed by atoms with van der Waals surface area (Å²) in [6.07, 6.45) is 0. The van der Waals surface area contributed by atoms with Gasteiger partial charge in [-0.15, -0.1) is 11.3 Å². The van der Waals surface area contributed by atoms with Crippen LogP contribution in [0, 0.1) is 0 Å². The minimum Gasteiger partial charge on any atom is -0.348 e. The van der Waals surface area contributed by atoms with Crippen molar-refractivity contribution < 1.29 is 4.79 Å². The molecule has 0 aliphatic heterocycles. The topological polar surface area (TPSA) is 29.1 Å². The largest absolute Gasteiger partial charge is 0.348 e. The molecule has 0 fully saturated rings. The fourth-order valence-corrected chi connectivity index (χ4v) is 3.10. The van der Waals surface area contributed by atoms with E-state index in [1.807, 2.05) is 24.3 Å². The molecule has 2 nitrogen and oxygen atoms in total. The van der Waals surface area contributed by atoms with E-state index in [9.17, 15) is 4.79 Å². The minimum atomic E-state index is -0.217. The summed E-state index contributed by atoms with van der Waals surface area (Å²) in [4.78, 5) is 11.9. The third-order valence-corrected chi connectivity index (χ3v) is 4.28. The SMILES string of the molecule is O=C(NCc1ccc(Br)cc1)c1cc(Cl)sc1Cl. The number of hydrogen-bond acceptors (Lipinski definition) is 2. The van der Waals surface area contributed by atoms with Crippen molar-refractivity contribution in [2.45, 2.75) is 6.54 Å². The molecule has 1 heterocycles. The maximum atomic E-state index is 11.9. The molecule has 0 saturated carbocycles. The Balaban J connectivity index is 2.00. The van der Waals surface area contributed by atoms with Crippen molar-refractivity contribution in [2.24, 2.45) is 0 Å². The number of thiophene rings is 1. The van der Waals surface area contributed by atoms with Crippen LogP contribution in [0.1, 0.15) is 15.9 Å². The first kappa shape index (κ1) is 13.9. The summed E-state index contributed by atoms with van der Waals surface area (Å²) in [5, 5.41) is 2.80. The van der Waals surface area contributed by atoms with Crippen molar-refractivity contribution in [2.75, 3.05) is 0 Å². The van der Waals surface area contributed by atoms with E-state index < -0.39 is 0 Å². The zero-order valence-corrected chi connectivity index (χ0v) is 13.0. The van der Waals surface area contributed by atoms with E-state index in [2.05, 4.69) is 21.2 Å². The molecule has 2 rings (SSSR count). The van der Waals surface area contributed by atoms with Crippen LogP contribution in [-0.2, 0) is 6.54 Å². The lowest BCUT2D eigenvalue weighted by Crippen LogP contribution is -2.22. The van der Waals surface area contributed by atoms with Crippen LogP contribution in [0.25, 0.3) is 0 Å². The highest BCUT2D eigenvalue weighted by Gasteiger charge is 2.13. The van der Waals surface area contributed by atoms with Gasteiger partial charge >= 0.3 is 0 Å². The highest BCUT2D eigenvalue weighted by Crippen LogP contribution is 2.30. The lowest BCUT2D eigenvalue weighted by atomic mass is 10.2. The molecule has 18 heavy (non-hydrogen) atoms. The number of halogens is 3. The molecule has 1 aromatic heterocycles. The van der Waals surface area contributed by atoms with Crippen LogP contribution in [0.3, 0.4) is 0 Å². The van der Waals surface area contributed by atoms with Crippen LogP contribution in [0.2, 0.25) is 8.67 Å². The van der Waals surface area contributed by atoms with Gasteiger partial charge in [0.25, 0.3) is 5.91 Å². The summed E-state index contributed by atoms with van der Waals surface area (Å²) in [5.41, 5.74) is 1.44. The molecule has 0 aliphatic rings. The standard InChI is InChI=1S/C12H8BrCl2NOS/c13-8-3-1-7(2-4-8)6-16-12(17)9-5-10(14)18-11(9)15/h1-5H,6H2,(H,16,17). The van der Waals surface area contributed by atoms with Crippen molar-refractivity contribution in [1.82, 2.24) is 5.32 Å². The Kier molecular flexibility index (Phi) is 4.67. The van der Waals surface area contributed by atoms with E-state index in [1.54, 1.807) is 6.07 Å². The highest BCUT2D eigenvalue weighted by atomic mass is 79.9. The summed E-state index contributed by atoms with van der Waals surface area (Å²) in [7, 11) is 0. The van der Waals surface area contributed by atoms with E-state index in [4.69, 9.17) is 23.2 Å². The first-order valence-electron chi connectivity index (χ1n) is 5.04. The average molecular weight is 365 g/mol. The number of amides is 1. The Morgan fingerprint density at radius 1 is 1.28 bits per heavy atom. The minimum absolute atomic E-state index is 0.217. The van der Waals surface area contributed by atoms with E-state index >= 15 is 0 Å². The second kappa shape index (κ2) is 6.06. The molecule has 1 amide bonds. The lowest BCUT2D eigenvalue weighted by molar-refractivity contribution is 0.0951. The Morgan fingerprint density at radius 3 is 2.50 bits per heavy atom. The molecule has 0 bridgehead atoms. The van der Waals surface area contributed by atoms with Gasteiger partial charge in [0, 0.05) is 11.0 Å². The number of hydrogen-bond donors (Lipinski definition) is 1. The maximum Gasteiger partial charge on any atom is 0.253 e. The Labute approximate surface area is 127 Å². The van der Waals surface area contributed by atoms with Crippen LogP contribution in [-0.4, -0.2) is 5.91 Å². The second-order valence-corrected chi connectivity index (χ2v) is 6.75. The van der Waals surface area contributed by atoms with Gasteiger partial charge in [-0.3, -0.25) is 4.79 Å². The van der Waals surface area contributed by atoms with Crippen molar-refractivity contribution >= 4 is 56.4 Å². The first-order valence-corrected chi connectivity index (χ1v) is 7.40. The Morgan fingerprint density at radius 2 is 1.94 bits per heavy atom. The summed E-state index contributed by atoms with van der Waals surface area (Å²) in [5.74, 6) is -0.217. The summed E-state index contributed by atoms with van der Waals surface area (Å²) < 4.78 is 1.92. The van der Waals surface area contributed by atoms with E-state index in [0.29, 0.717) is 20.8 Å². The molecule has 0 spiro atoms. The van der Waals surface area contributed by atoms with Crippen LogP contribution in [0.15, 0.2) is 34.8 Å². The molecule has 1 N–H and O–H groups in total. The molecule has 0 atom stereocenters. The quantitative estimate of drug-likeness (QED) is 0.836. The monoisotopic (exact) mass is 363 g/mol. The molecule has 0 saturated heterocycles.